The van der Waals surface area contributed by atoms with Gasteiger partial charge in [-0.05, 0) is 17.6 Å². The number of anilines is 1. The molecule has 0 fully saturated rings. The normalized spacial score (nSPS) is 10.4. The molecule has 6 nitrogen and oxygen atoms in total. The Morgan fingerprint density at radius 2 is 2.25 bits per heavy atom. The molecule has 0 spiro atoms. The van der Waals surface area contributed by atoms with Gasteiger partial charge < -0.3 is 14.5 Å². The minimum atomic E-state index is -1.55. The Kier molecular flexibility index (Phi) is 2.63. The van der Waals surface area contributed by atoms with Gasteiger partial charge in [0.2, 0.25) is 5.91 Å². The first kappa shape index (κ1) is 10.7. The van der Waals surface area contributed by atoms with Crippen LogP contribution in [-0.4, -0.2) is 28.1 Å². The zero-order valence-electron chi connectivity index (χ0n) is 8.47. The Bertz CT molecular complexity index is 537. The number of fused-ring (bicyclic) bond motifs is 1. The van der Waals surface area contributed by atoms with Crippen molar-refractivity contribution in [3.05, 3.63) is 18.2 Å². The topological polar surface area (TPSA) is 95.6 Å². The van der Waals surface area contributed by atoms with Crippen molar-refractivity contribution in [2.24, 2.45) is 0 Å². The van der Waals surface area contributed by atoms with Crippen LogP contribution in [-0.2, 0) is 4.79 Å². The van der Waals surface area contributed by atoms with Gasteiger partial charge in [0.15, 0.2) is 5.58 Å². The maximum Gasteiger partial charge on any atom is 0.488 e. The SMILES string of the molecule is CC(=O)Nc1nc2cc(B(O)O)ccc2o1. The summed E-state index contributed by atoms with van der Waals surface area (Å²) in [7, 11) is -1.55. The molecule has 82 valence electrons. The highest BCUT2D eigenvalue weighted by molar-refractivity contribution is 6.58. The minimum Gasteiger partial charge on any atom is -0.423 e. The lowest BCUT2D eigenvalue weighted by molar-refractivity contribution is -0.114. The van der Waals surface area contributed by atoms with Gasteiger partial charge in [-0.3, -0.25) is 10.1 Å². The fourth-order valence-corrected chi connectivity index (χ4v) is 1.31. The number of oxazole rings is 1. The van der Waals surface area contributed by atoms with Crippen LogP contribution < -0.4 is 10.8 Å². The van der Waals surface area contributed by atoms with Gasteiger partial charge in [0, 0.05) is 6.92 Å². The van der Waals surface area contributed by atoms with Gasteiger partial charge in [-0.1, -0.05) is 6.07 Å². The average Bonchev–Trinajstić information content (AvgIpc) is 2.56. The van der Waals surface area contributed by atoms with Crippen molar-refractivity contribution in [3.8, 4) is 0 Å². The third-order valence-corrected chi connectivity index (χ3v) is 1.99. The number of nitrogens with one attached hydrogen (secondary N) is 1. The molecule has 3 N–H and O–H groups in total. The van der Waals surface area contributed by atoms with Crippen molar-refractivity contribution in [2.45, 2.75) is 6.92 Å². The summed E-state index contributed by atoms with van der Waals surface area (Å²) >= 11 is 0. The van der Waals surface area contributed by atoms with E-state index in [4.69, 9.17) is 14.5 Å². The van der Waals surface area contributed by atoms with Crippen LogP contribution in [0.2, 0.25) is 0 Å². The average molecular weight is 220 g/mol. The Morgan fingerprint density at radius 3 is 2.88 bits per heavy atom. The van der Waals surface area contributed by atoms with Crippen LogP contribution >= 0.6 is 0 Å². The number of aromatic nitrogens is 1. The van der Waals surface area contributed by atoms with Crippen LogP contribution in [0.4, 0.5) is 6.01 Å². The molecule has 7 heteroatoms. The molecule has 2 aromatic rings. The van der Waals surface area contributed by atoms with Gasteiger partial charge in [-0.25, -0.2) is 0 Å². The third kappa shape index (κ3) is 2.05. The van der Waals surface area contributed by atoms with E-state index in [1.807, 2.05) is 0 Å². The van der Waals surface area contributed by atoms with E-state index >= 15 is 0 Å². The highest BCUT2D eigenvalue weighted by atomic mass is 16.4. The number of carbonyl (C=O) groups is 1. The Morgan fingerprint density at radius 1 is 1.50 bits per heavy atom. The van der Waals surface area contributed by atoms with E-state index in [1.165, 1.54) is 19.1 Å². The molecule has 0 aliphatic rings. The summed E-state index contributed by atoms with van der Waals surface area (Å²) in [5.41, 5.74) is 1.23. The highest BCUT2D eigenvalue weighted by Crippen LogP contribution is 2.17. The molecule has 0 unspecified atom stereocenters. The van der Waals surface area contributed by atoms with Gasteiger partial charge in [0.25, 0.3) is 0 Å². The van der Waals surface area contributed by atoms with Crippen molar-refractivity contribution in [1.82, 2.24) is 4.98 Å². The van der Waals surface area contributed by atoms with Gasteiger partial charge in [-0.2, -0.15) is 4.98 Å². The summed E-state index contributed by atoms with van der Waals surface area (Å²) in [6.07, 6.45) is 0. The van der Waals surface area contributed by atoms with Crippen molar-refractivity contribution >= 4 is 35.6 Å². The van der Waals surface area contributed by atoms with E-state index < -0.39 is 7.12 Å². The molecule has 1 aromatic carbocycles. The van der Waals surface area contributed by atoms with Crippen molar-refractivity contribution < 1.29 is 19.3 Å². The first-order chi connectivity index (χ1) is 7.56. The maximum atomic E-state index is 10.8. The summed E-state index contributed by atoms with van der Waals surface area (Å²) in [4.78, 5) is 14.7. The van der Waals surface area contributed by atoms with E-state index in [0.29, 0.717) is 16.6 Å². The van der Waals surface area contributed by atoms with E-state index in [-0.39, 0.29) is 11.9 Å². The second-order valence-electron chi connectivity index (χ2n) is 3.30. The lowest BCUT2D eigenvalue weighted by Gasteiger charge is -1.96. The van der Waals surface area contributed by atoms with Crippen molar-refractivity contribution in [1.29, 1.82) is 0 Å². The van der Waals surface area contributed by atoms with Crippen LogP contribution in [0.3, 0.4) is 0 Å². The predicted octanol–water partition coefficient (Wildman–Crippen LogP) is -0.534. The number of amides is 1. The monoisotopic (exact) mass is 220 g/mol. The maximum absolute atomic E-state index is 10.8. The number of nitrogens with zero attached hydrogens (tertiary/aromatic N) is 1. The van der Waals surface area contributed by atoms with Crippen LogP contribution in [0.1, 0.15) is 6.92 Å². The molecule has 0 aliphatic heterocycles. The number of hydrogen-bond donors (Lipinski definition) is 3. The molecule has 1 aromatic heterocycles. The standard InChI is InChI=1S/C9H9BN2O4/c1-5(13)11-9-12-7-4-6(10(14)15)2-3-8(7)16-9/h2-4,14-15H,1H3,(H,11,12,13). The first-order valence-electron chi connectivity index (χ1n) is 4.60. The summed E-state index contributed by atoms with van der Waals surface area (Å²) in [6.45, 7) is 1.35. The smallest absolute Gasteiger partial charge is 0.423 e. The molecule has 0 radical (unpaired) electrons. The lowest BCUT2D eigenvalue weighted by Crippen LogP contribution is -2.29. The number of benzene rings is 1. The lowest BCUT2D eigenvalue weighted by atomic mass is 9.80. The van der Waals surface area contributed by atoms with Crippen molar-refractivity contribution in [2.75, 3.05) is 5.32 Å². The van der Waals surface area contributed by atoms with Gasteiger partial charge >= 0.3 is 13.1 Å². The second-order valence-corrected chi connectivity index (χ2v) is 3.30. The summed E-state index contributed by atoms with van der Waals surface area (Å²) < 4.78 is 5.21. The molecule has 1 amide bonds. The number of hydrogen-bond acceptors (Lipinski definition) is 5. The fourth-order valence-electron chi connectivity index (χ4n) is 1.31. The zero-order chi connectivity index (χ0) is 11.7. The number of carbonyl (C=O) groups excluding carboxylic acids is 1. The number of rotatable bonds is 2. The van der Waals surface area contributed by atoms with E-state index in [1.54, 1.807) is 6.07 Å². The van der Waals surface area contributed by atoms with E-state index in [0.717, 1.165) is 0 Å². The van der Waals surface area contributed by atoms with Crippen LogP contribution in [0.25, 0.3) is 11.1 Å². The summed E-state index contributed by atoms with van der Waals surface area (Å²) in [5, 5.41) is 20.3. The molecule has 0 saturated carbocycles. The molecular weight excluding hydrogens is 211 g/mol. The molecule has 16 heavy (non-hydrogen) atoms. The minimum absolute atomic E-state index is 0.0899. The Balaban J connectivity index is 2.41. The summed E-state index contributed by atoms with van der Waals surface area (Å²) in [5.74, 6) is -0.283. The van der Waals surface area contributed by atoms with Gasteiger partial charge in [0.1, 0.15) is 5.52 Å². The van der Waals surface area contributed by atoms with Crippen LogP contribution in [0.5, 0.6) is 0 Å². The quantitative estimate of drug-likeness (QED) is 0.591. The molecule has 0 aliphatic carbocycles. The molecule has 0 bridgehead atoms. The largest absolute Gasteiger partial charge is 0.488 e. The summed E-state index contributed by atoms with van der Waals surface area (Å²) in [6, 6.07) is 4.64. The first-order valence-corrected chi connectivity index (χ1v) is 4.60. The third-order valence-electron chi connectivity index (χ3n) is 1.99. The van der Waals surface area contributed by atoms with Gasteiger partial charge in [0.05, 0.1) is 0 Å². The predicted molar refractivity (Wildman–Crippen MR) is 58.1 cm³/mol. The molecule has 0 atom stereocenters. The fraction of sp³-hybridized carbons (Fsp3) is 0.111. The van der Waals surface area contributed by atoms with Crippen LogP contribution in [0, 0.1) is 0 Å². The van der Waals surface area contributed by atoms with E-state index in [2.05, 4.69) is 10.3 Å². The van der Waals surface area contributed by atoms with Crippen LogP contribution in [0.15, 0.2) is 22.6 Å². The zero-order valence-corrected chi connectivity index (χ0v) is 8.47. The molecular formula is C9H9BN2O4. The van der Waals surface area contributed by atoms with E-state index in [9.17, 15) is 4.79 Å². The van der Waals surface area contributed by atoms with Crippen molar-refractivity contribution in [3.63, 3.8) is 0 Å². The highest BCUT2D eigenvalue weighted by Gasteiger charge is 2.13. The molecule has 2 rings (SSSR count). The molecule has 0 saturated heterocycles. The Hall–Kier alpha value is -1.86. The Labute approximate surface area is 91.0 Å². The second kappa shape index (κ2) is 3.95. The van der Waals surface area contributed by atoms with Gasteiger partial charge in [-0.15, -0.1) is 0 Å². The molecule has 1 heterocycles.